The van der Waals surface area contributed by atoms with Crippen molar-refractivity contribution in [1.29, 1.82) is 0 Å². The maximum absolute atomic E-state index is 3.34. The lowest BCUT2D eigenvalue weighted by atomic mass is 9.77. The zero-order chi connectivity index (χ0) is 25.3. The largest absolute Gasteiger partial charge is 0.0917 e. The second-order valence-corrected chi connectivity index (χ2v) is 11.1. The zero-order valence-electron chi connectivity index (χ0n) is 23.2. The van der Waals surface area contributed by atoms with Gasteiger partial charge in [-0.3, -0.25) is 0 Å². The summed E-state index contributed by atoms with van der Waals surface area (Å²) >= 11 is 0. The minimum absolute atomic E-state index is 0.940. The Bertz CT molecular complexity index is 911. The fourth-order valence-corrected chi connectivity index (χ4v) is 5.64. The van der Waals surface area contributed by atoms with Crippen molar-refractivity contribution < 1.29 is 0 Å². The molecule has 36 heavy (non-hydrogen) atoms. The van der Waals surface area contributed by atoms with E-state index in [2.05, 4.69) is 86.4 Å². The van der Waals surface area contributed by atoms with Crippen molar-refractivity contribution in [2.45, 2.75) is 117 Å². The first-order valence-corrected chi connectivity index (χ1v) is 15.1. The SMILES string of the molecule is C/C=C/CCc1ccc(C#Cc2ccc(CCC3CCC(CCCCCCCCC)CC3)cc2)cc1. The van der Waals surface area contributed by atoms with Crippen LogP contribution in [0.3, 0.4) is 0 Å². The summed E-state index contributed by atoms with van der Waals surface area (Å²) in [4.78, 5) is 0. The van der Waals surface area contributed by atoms with E-state index in [9.17, 15) is 0 Å². The Labute approximate surface area is 223 Å². The first-order valence-electron chi connectivity index (χ1n) is 15.1. The molecule has 0 saturated heterocycles. The van der Waals surface area contributed by atoms with Crippen LogP contribution < -0.4 is 0 Å². The van der Waals surface area contributed by atoms with E-state index in [-0.39, 0.29) is 0 Å². The Morgan fingerprint density at radius 1 is 0.639 bits per heavy atom. The molecule has 1 aliphatic carbocycles. The van der Waals surface area contributed by atoms with Gasteiger partial charge in [0.05, 0.1) is 0 Å². The van der Waals surface area contributed by atoms with E-state index in [1.54, 1.807) is 0 Å². The normalized spacial score (nSPS) is 17.7. The Hall–Kier alpha value is -2.26. The molecule has 0 spiro atoms. The van der Waals surface area contributed by atoms with Gasteiger partial charge < -0.3 is 0 Å². The molecule has 0 N–H and O–H groups in total. The maximum atomic E-state index is 3.34. The summed E-state index contributed by atoms with van der Waals surface area (Å²) in [7, 11) is 0. The Balaban J connectivity index is 1.31. The average Bonchev–Trinajstić information content (AvgIpc) is 2.92. The third kappa shape index (κ3) is 11.2. The van der Waals surface area contributed by atoms with E-state index in [0.717, 1.165) is 35.8 Å². The van der Waals surface area contributed by atoms with Crippen molar-refractivity contribution in [2.75, 3.05) is 0 Å². The predicted octanol–water partition coefficient (Wildman–Crippen LogP) is 10.5. The fraction of sp³-hybridized carbons (Fsp3) is 0.556. The Morgan fingerprint density at radius 2 is 1.14 bits per heavy atom. The molecule has 0 aromatic heterocycles. The number of benzene rings is 2. The van der Waals surface area contributed by atoms with Gasteiger partial charge in [0.25, 0.3) is 0 Å². The molecule has 2 aromatic rings. The molecule has 0 atom stereocenters. The van der Waals surface area contributed by atoms with Crippen molar-refractivity contribution in [1.82, 2.24) is 0 Å². The van der Waals surface area contributed by atoms with Gasteiger partial charge in [0.15, 0.2) is 0 Å². The van der Waals surface area contributed by atoms with E-state index in [4.69, 9.17) is 0 Å². The van der Waals surface area contributed by atoms with Gasteiger partial charge in [0, 0.05) is 11.1 Å². The molecule has 1 saturated carbocycles. The van der Waals surface area contributed by atoms with Crippen LogP contribution >= 0.6 is 0 Å². The molecule has 0 heteroatoms. The van der Waals surface area contributed by atoms with Gasteiger partial charge in [-0.05, 0) is 79.8 Å². The first kappa shape index (κ1) is 28.3. The van der Waals surface area contributed by atoms with Crippen LogP contribution in [0.25, 0.3) is 0 Å². The van der Waals surface area contributed by atoms with Gasteiger partial charge in [-0.15, -0.1) is 0 Å². The van der Waals surface area contributed by atoms with E-state index in [0.29, 0.717) is 0 Å². The van der Waals surface area contributed by atoms with Crippen LogP contribution in [0.15, 0.2) is 60.7 Å². The monoisotopic (exact) mass is 482 g/mol. The molecule has 1 aliphatic rings. The van der Waals surface area contributed by atoms with Gasteiger partial charge in [-0.1, -0.05) is 132 Å². The lowest BCUT2D eigenvalue weighted by molar-refractivity contribution is 0.248. The topological polar surface area (TPSA) is 0 Å². The number of hydrogen-bond donors (Lipinski definition) is 0. The third-order valence-electron chi connectivity index (χ3n) is 8.12. The summed E-state index contributed by atoms with van der Waals surface area (Å²) in [6.45, 7) is 4.38. The summed E-state index contributed by atoms with van der Waals surface area (Å²) in [5.74, 6) is 8.63. The number of rotatable bonds is 14. The molecular formula is C36H50. The highest BCUT2D eigenvalue weighted by molar-refractivity contribution is 5.44. The highest BCUT2D eigenvalue weighted by atomic mass is 14.3. The van der Waals surface area contributed by atoms with E-state index >= 15 is 0 Å². The number of unbranched alkanes of at least 4 members (excludes halogenated alkanes) is 6. The van der Waals surface area contributed by atoms with Gasteiger partial charge >= 0.3 is 0 Å². The van der Waals surface area contributed by atoms with Gasteiger partial charge in [0.1, 0.15) is 0 Å². The van der Waals surface area contributed by atoms with Crippen molar-refractivity contribution in [2.24, 2.45) is 11.8 Å². The van der Waals surface area contributed by atoms with Crippen LogP contribution in [-0.2, 0) is 12.8 Å². The van der Waals surface area contributed by atoms with Gasteiger partial charge in [-0.25, -0.2) is 0 Å². The zero-order valence-corrected chi connectivity index (χ0v) is 23.2. The van der Waals surface area contributed by atoms with Crippen LogP contribution in [0.2, 0.25) is 0 Å². The smallest absolute Gasteiger partial charge is 0.0249 e. The quantitative estimate of drug-likeness (QED) is 0.143. The first-order chi connectivity index (χ1) is 17.8. The van der Waals surface area contributed by atoms with E-state index in [1.165, 1.54) is 101 Å². The molecule has 2 aromatic carbocycles. The molecule has 3 rings (SSSR count). The van der Waals surface area contributed by atoms with Crippen molar-refractivity contribution in [3.8, 4) is 11.8 Å². The molecule has 194 valence electrons. The number of aryl methyl sites for hydroxylation is 2. The van der Waals surface area contributed by atoms with Gasteiger partial charge in [-0.2, -0.15) is 0 Å². The molecular weight excluding hydrogens is 432 g/mol. The van der Waals surface area contributed by atoms with Crippen LogP contribution in [0.1, 0.15) is 126 Å². The summed E-state index contributed by atoms with van der Waals surface area (Å²) in [5, 5.41) is 0. The number of hydrogen-bond acceptors (Lipinski definition) is 0. The highest BCUT2D eigenvalue weighted by Crippen LogP contribution is 2.34. The minimum atomic E-state index is 0.940. The maximum Gasteiger partial charge on any atom is 0.0249 e. The molecule has 0 amide bonds. The molecule has 0 unspecified atom stereocenters. The van der Waals surface area contributed by atoms with E-state index < -0.39 is 0 Å². The molecule has 0 nitrogen and oxygen atoms in total. The minimum Gasteiger partial charge on any atom is -0.0917 e. The molecule has 0 radical (unpaired) electrons. The Kier molecular flexibility index (Phi) is 13.6. The predicted molar refractivity (Wildman–Crippen MR) is 158 cm³/mol. The molecule has 0 bridgehead atoms. The standard InChI is InChI=1S/C36H50/c1-3-5-7-8-9-10-12-14-32-17-21-34(22-18-32)24-26-36-29-27-35(28-30-36)25-23-33-19-15-31(16-20-33)13-11-6-4-2/h4,6,15-16,19-20,27-30,32,34H,3,5,7-14,17-18,21-22,24,26H2,1-2H3/b6-4+. The molecule has 1 fully saturated rings. The van der Waals surface area contributed by atoms with E-state index in [1.807, 2.05) is 0 Å². The fourth-order valence-electron chi connectivity index (χ4n) is 5.64. The van der Waals surface area contributed by atoms with Crippen molar-refractivity contribution in [3.63, 3.8) is 0 Å². The summed E-state index contributed by atoms with van der Waals surface area (Å²) < 4.78 is 0. The van der Waals surface area contributed by atoms with Crippen LogP contribution in [0.5, 0.6) is 0 Å². The third-order valence-corrected chi connectivity index (χ3v) is 8.12. The second kappa shape index (κ2) is 17.2. The average molecular weight is 483 g/mol. The molecule has 0 heterocycles. The second-order valence-electron chi connectivity index (χ2n) is 11.1. The van der Waals surface area contributed by atoms with Crippen molar-refractivity contribution in [3.05, 3.63) is 82.9 Å². The van der Waals surface area contributed by atoms with Crippen LogP contribution in [0.4, 0.5) is 0 Å². The van der Waals surface area contributed by atoms with Crippen molar-refractivity contribution >= 4 is 0 Å². The lowest BCUT2D eigenvalue weighted by Crippen LogP contribution is -2.15. The van der Waals surface area contributed by atoms with Crippen LogP contribution in [-0.4, -0.2) is 0 Å². The summed E-state index contributed by atoms with van der Waals surface area (Å²) in [6.07, 6.45) is 26.6. The summed E-state index contributed by atoms with van der Waals surface area (Å²) in [5.41, 5.74) is 5.05. The summed E-state index contributed by atoms with van der Waals surface area (Å²) in [6, 6.07) is 17.7. The highest BCUT2D eigenvalue weighted by Gasteiger charge is 2.20. The lowest BCUT2D eigenvalue weighted by Gasteiger charge is -2.28. The van der Waals surface area contributed by atoms with Gasteiger partial charge in [0.2, 0.25) is 0 Å². The number of allylic oxidation sites excluding steroid dienone is 2. The van der Waals surface area contributed by atoms with Crippen LogP contribution in [0, 0.1) is 23.7 Å². The Morgan fingerprint density at radius 3 is 1.69 bits per heavy atom. The molecule has 0 aliphatic heterocycles.